The third kappa shape index (κ3) is 4.33. The molecule has 0 saturated carbocycles. The average molecular weight is 228 g/mol. The quantitative estimate of drug-likeness (QED) is 0.670. The van der Waals surface area contributed by atoms with Crippen molar-refractivity contribution in [2.45, 2.75) is 0 Å². The van der Waals surface area contributed by atoms with E-state index >= 15 is 0 Å². The first-order valence-electron chi connectivity index (χ1n) is 4.82. The van der Waals surface area contributed by atoms with Crippen molar-refractivity contribution >= 4 is 5.91 Å². The van der Waals surface area contributed by atoms with E-state index in [-0.39, 0.29) is 24.8 Å². The Bertz CT molecular complexity index is 329. The maximum atomic E-state index is 12.5. The number of hydrogen-bond donors (Lipinski definition) is 2. The van der Waals surface area contributed by atoms with Crippen LogP contribution in [0.5, 0.6) is 0 Å². The lowest BCUT2D eigenvalue weighted by atomic mass is 10.3. The van der Waals surface area contributed by atoms with Crippen molar-refractivity contribution in [1.29, 1.82) is 0 Å². The summed E-state index contributed by atoms with van der Waals surface area (Å²) in [5, 5.41) is 11.0. The second kappa shape index (κ2) is 6.86. The SMILES string of the molecule is O=C(NCCOCCO)c1ccc(F)cn1. The van der Waals surface area contributed by atoms with Crippen LogP contribution in [-0.4, -0.2) is 42.4 Å². The Morgan fingerprint density at radius 2 is 2.31 bits per heavy atom. The van der Waals surface area contributed by atoms with Crippen LogP contribution in [0.4, 0.5) is 4.39 Å². The molecule has 0 aliphatic heterocycles. The minimum atomic E-state index is -0.483. The molecule has 1 aromatic rings. The van der Waals surface area contributed by atoms with Gasteiger partial charge in [-0.3, -0.25) is 4.79 Å². The number of nitrogens with one attached hydrogen (secondary N) is 1. The van der Waals surface area contributed by atoms with Crippen LogP contribution in [0.3, 0.4) is 0 Å². The fourth-order valence-electron chi connectivity index (χ4n) is 1.00. The number of pyridine rings is 1. The number of rotatable bonds is 6. The van der Waals surface area contributed by atoms with Crippen LogP contribution >= 0.6 is 0 Å². The van der Waals surface area contributed by atoms with Crippen LogP contribution in [0.15, 0.2) is 18.3 Å². The first-order chi connectivity index (χ1) is 7.74. The molecule has 0 saturated heterocycles. The van der Waals surface area contributed by atoms with E-state index in [9.17, 15) is 9.18 Å². The lowest BCUT2D eigenvalue weighted by Crippen LogP contribution is -2.28. The second-order valence-electron chi connectivity index (χ2n) is 2.95. The number of carbonyl (C=O) groups excluding carboxylic acids is 1. The van der Waals surface area contributed by atoms with Gasteiger partial charge in [0.2, 0.25) is 0 Å². The zero-order chi connectivity index (χ0) is 11.8. The molecule has 0 aromatic carbocycles. The molecule has 0 spiro atoms. The van der Waals surface area contributed by atoms with Gasteiger partial charge in [-0.05, 0) is 12.1 Å². The molecule has 0 unspecified atom stereocenters. The number of aliphatic hydroxyl groups is 1. The summed E-state index contributed by atoms with van der Waals surface area (Å²) in [6.07, 6.45) is 0.983. The third-order valence-corrected chi connectivity index (χ3v) is 1.73. The number of hydrogen-bond acceptors (Lipinski definition) is 4. The summed E-state index contributed by atoms with van der Waals surface area (Å²) in [5.74, 6) is -0.865. The molecule has 16 heavy (non-hydrogen) atoms. The van der Waals surface area contributed by atoms with E-state index in [0.717, 1.165) is 6.20 Å². The Morgan fingerprint density at radius 3 is 2.94 bits per heavy atom. The molecule has 6 heteroatoms. The number of aromatic nitrogens is 1. The van der Waals surface area contributed by atoms with Gasteiger partial charge < -0.3 is 15.2 Å². The number of nitrogens with zero attached hydrogens (tertiary/aromatic N) is 1. The van der Waals surface area contributed by atoms with Gasteiger partial charge in [-0.15, -0.1) is 0 Å². The molecule has 0 radical (unpaired) electrons. The summed E-state index contributed by atoms with van der Waals surface area (Å²) in [6, 6.07) is 2.48. The highest BCUT2D eigenvalue weighted by atomic mass is 19.1. The van der Waals surface area contributed by atoms with Crippen molar-refractivity contribution < 1.29 is 19.0 Å². The maximum Gasteiger partial charge on any atom is 0.269 e. The van der Waals surface area contributed by atoms with Crippen molar-refractivity contribution in [3.63, 3.8) is 0 Å². The number of ether oxygens (including phenoxy) is 1. The van der Waals surface area contributed by atoms with E-state index < -0.39 is 5.82 Å². The highest BCUT2D eigenvalue weighted by Crippen LogP contribution is 1.97. The molecule has 2 N–H and O–H groups in total. The van der Waals surface area contributed by atoms with E-state index in [0.29, 0.717) is 13.2 Å². The van der Waals surface area contributed by atoms with Gasteiger partial charge in [0.15, 0.2) is 0 Å². The Labute approximate surface area is 92.3 Å². The largest absolute Gasteiger partial charge is 0.394 e. The van der Waals surface area contributed by atoms with Crippen molar-refractivity contribution in [3.05, 3.63) is 29.8 Å². The minimum Gasteiger partial charge on any atom is -0.394 e. The van der Waals surface area contributed by atoms with Gasteiger partial charge in [-0.1, -0.05) is 0 Å². The van der Waals surface area contributed by atoms with E-state index in [1.807, 2.05) is 0 Å². The van der Waals surface area contributed by atoms with Gasteiger partial charge in [0.05, 0.1) is 26.0 Å². The van der Waals surface area contributed by atoms with Gasteiger partial charge in [0.25, 0.3) is 5.91 Å². The molecule has 0 bridgehead atoms. The summed E-state index contributed by atoms with van der Waals surface area (Å²) in [5.41, 5.74) is 0.156. The van der Waals surface area contributed by atoms with E-state index in [1.54, 1.807) is 0 Å². The molecule has 0 fully saturated rings. The molecule has 88 valence electrons. The van der Waals surface area contributed by atoms with Gasteiger partial charge >= 0.3 is 0 Å². The molecular formula is C10H13FN2O3. The Morgan fingerprint density at radius 1 is 1.50 bits per heavy atom. The maximum absolute atomic E-state index is 12.5. The standard InChI is InChI=1S/C10H13FN2O3/c11-8-1-2-9(13-7-8)10(15)12-3-5-16-6-4-14/h1-2,7,14H,3-6H2,(H,12,15). The summed E-state index contributed by atoms with van der Waals surface area (Å²) in [6.45, 7) is 0.823. The lowest BCUT2D eigenvalue weighted by Gasteiger charge is -2.04. The monoisotopic (exact) mass is 228 g/mol. The van der Waals surface area contributed by atoms with Crippen LogP contribution in [0, 0.1) is 5.82 Å². The fourth-order valence-corrected chi connectivity index (χ4v) is 1.00. The molecule has 1 heterocycles. The first kappa shape index (κ1) is 12.5. The van der Waals surface area contributed by atoms with Gasteiger partial charge in [0.1, 0.15) is 11.5 Å². The van der Waals surface area contributed by atoms with Crippen LogP contribution in [0.2, 0.25) is 0 Å². The van der Waals surface area contributed by atoms with E-state index in [2.05, 4.69) is 10.3 Å². The molecule has 1 rings (SSSR count). The molecule has 0 aliphatic carbocycles. The zero-order valence-corrected chi connectivity index (χ0v) is 8.65. The number of amides is 1. The zero-order valence-electron chi connectivity index (χ0n) is 8.65. The summed E-state index contributed by atoms with van der Waals surface area (Å²) < 4.78 is 17.4. The normalized spacial score (nSPS) is 10.1. The fraction of sp³-hybridized carbons (Fsp3) is 0.400. The number of aliphatic hydroxyl groups excluding tert-OH is 1. The molecule has 5 nitrogen and oxygen atoms in total. The highest BCUT2D eigenvalue weighted by molar-refractivity contribution is 5.92. The number of carbonyl (C=O) groups is 1. The minimum absolute atomic E-state index is 0.0482. The predicted molar refractivity (Wildman–Crippen MR) is 54.4 cm³/mol. The Balaban J connectivity index is 2.27. The van der Waals surface area contributed by atoms with Crippen molar-refractivity contribution in [2.75, 3.05) is 26.4 Å². The van der Waals surface area contributed by atoms with E-state index in [1.165, 1.54) is 12.1 Å². The lowest BCUT2D eigenvalue weighted by molar-refractivity contribution is 0.0835. The summed E-state index contributed by atoms with van der Waals surface area (Å²) >= 11 is 0. The van der Waals surface area contributed by atoms with Crippen LogP contribution < -0.4 is 5.32 Å². The third-order valence-electron chi connectivity index (χ3n) is 1.73. The van der Waals surface area contributed by atoms with Crippen LogP contribution in [0.25, 0.3) is 0 Å². The van der Waals surface area contributed by atoms with Crippen molar-refractivity contribution in [2.24, 2.45) is 0 Å². The van der Waals surface area contributed by atoms with Crippen molar-refractivity contribution in [3.8, 4) is 0 Å². The molecule has 0 atom stereocenters. The average Bonchev–Trinajstić information content (AvgIpc) is 2.29. The molecule has 0 aliphatic rings. The summed E-state index contributed by atoms with van der Waals surface area (Å²) in [7, 11) is 0. The van der Waals surface area contributed by atoms with E-state index in [4.69, 9.17) is 9.84 Å². The van der Waals surface area contributed by atoms with Gasteiger partial charge in [-0.25, -0.2) is 9.37 Å². The van der Waals surface area contributed by atoms with Crippen LogP contribution in [-0.2, 0) is 4.74 Å². The van der Waals surface area contributed by atoms with Gasteiger partial charge in [0, 0.05) is 6.54 Å². The molecule has 1 amide bonds. The highest BCUT2D eigenvalue weighted by Gasteiger charge is 2.05. The molecular weight excluding hydrogens is 215 g/mol. The number of halogens is 1. The molecule has 1 aromatic heterocycles. The Hall–Kier alpha value is -1.53. The smallest absolute Gasteiger partial charge is 0.269 e. The second-order valence-corrected chi connectivity index (χ2v) is 2.95. The predicted octanol–water partition coefficient (Wildman–Crippen LogP) is -0.0406. The van der Waals surface area contributed by atoms with Crippen molar-refractivity contribution in [1.82, 2.24) is 10.3 Å². The van der Waals surface area contributed by atoms with Gasteiger partial charge in [-0.2, -0.15) is 0 Å². The Kier molecular flexibility index (Phi) is 5.38. The summed E-state index contributed by atoms with van der Waals surface area (Å²) in [4.78, 5) is 15.0. The topological polar surface area (TPSA) is 71.5 Å². The first-order valence-corrected chi connectivity index (χ1v) is 4.82. The van der Waals surface area contributed by atoms with Crippen LogP contribution in [0.1, 0.15) is 10.5 Å².